The van der Waals surface area contributed by atoms with Gasteiger partial charge in [-0.1, -0.05) is 13.8 Å². The molecule has 0 unspecified atom stereocenters. The van der Waals surface area contributed by atoms with Crippen LogP contribution in [0.15, 0.2) is 11.4 Å². The molecule has 22 heavy (non-hydrogen) atoms. The Morgan fingerprint density at radius 3 is 2.45 bits per heavy atom. The molecule has 1 aromatic heterocycles. The van der Waals surface area contributed by atoms with Gasteiger partial charge in [0.15, 0.2) is 0 Å². The van der Waals surface area contributed by atoms with Gasteiger partial charge < -0.3 is 15.1 Å². The number of nitrogens with zero attached hydrogens (tertiary/aromatic N) is 2. The molecule has 126 valence electrons. The monoisotopic (exact) mass is 325 g/mol. The van der Waals surface area contributed by atoms with E-state index in [1.807, 2.05) is 19.0 Å². The van der Waals surface area contributed by atoms with Crippen LogP contribution in [0, 0.1) is 12.8 Å². The molecule has 5 heteroatoms. The van der Waals surface area contributed by atoms with Crippen molar-refractivity contribution in [2.45, 2.75) is 46.7 Å². The van der Waals surface area contributed by atoms with E-state index in [0.29, 0.717) is 19.0 Å². The van der Waals surface area contributed by atoms with Gasteiger partial charge >= 0.3 is 6.03 Å². The molecule has 0 spiro atoms. The minimum Gasteiger partial charge on any atom is -0.336 e. The summed E-state index contributed by atoms with van der Waals surface area (Å²) < 4.78 is 0. The van der Waals surface area contributed by atoms with Gasteiger partial charge in [-0.05, 0) is 57.8 Å². The quantitative estimate of drug-likeness (QED) is 0.832. The second kappa shape index (κ2) is 7.97. The molecule has 4 nitrogen and oxygen atoms in total. The zero-order chi connectivity index (χ0) is 16.9. The molecule has 0 saturated carbocycles. The normalized spacial score (nSPS) is 12.0. The number of amides is 2. The first-order chi connectivity index (χ1) is 10.1. The Kier molecular flexibility index (Phi) is 6.88. The van der Waals surface area contributed by atoms with E-state index in [1.54, 1.807) is 11.3 Å². The summed E-state index contributed by atoms with van der Waals surface area (Å²) in [6.07, 6.45) is 0. The van der Waals surface area contributed by atoms with Crippen molar-refractivity contribution in [3.05, 3.63) is 21.9 Å². The van der Waals surface area contributed by atoms with E-state index < -0.39 is 0 Å². The van der Waals surface area contributed by atoms with Gasteiger partial charge in [0.1, 0.15) is 0 Å². The number of likely N-dealkylation sites (N-methyl/N-ethyl adjacent to an activating group) is 1. The van der Waals surface area contributed by atoms with Crippen LogP contribution in [0.5, 0.6) is 0 Å². The molecule has 1 heterocycles. The first-order valence-electron chi connectivity index (χ1n) is 7.86. The van der Waals surface area contributed by atoms with E-state index in [4.69, 9.17) is 0 Å². The number of hydrogen-bond donors (Lipinski definition) is 1. The van der Waals surface area contributed by atoms with Crippen LogP contribution in [-0.2, 0) is 6.54 Å². The van der Waals surface area contributed by atoms with E-state index in [2.05, 4.69) is 56.3 Å². The molecule has 0 aliphatic heterocycles. The molecule has 0 radical (unpaired) electrons. The number of nitrogens with one attached hydrogen (secondary N) is 1. The van der Waals surface area contributed by atoms with E-state index in [1.165, 1.54) is 10.4 Å². The number of carbonyl (C=O) groups excluding carboxylic acids is 1. The second-order valence-corrected chi connectivity index (χ2v) is 8.17. The van der Waals surface area contributed by atoms with Crippen molar-refractivity contribution in [3.8, 4) is 0 Å². The van der Waals surface area contributed by atoms with Gasteiger partial charge in [-0.2, -0.15) is 0 Å². The van der Waals surface area contributed by atoms with Crippen molar-refractivity contribution < 1.29 is 4.79 Å². The molecular formula is C17H31N3OS. The maximum atomic E-state index is 12.6. The van der Waals surface area contributed by atoms with Crippen LogP contribution in [0.2, 0.25) is 0 Å². The average molecular weight is 326 g/mol. The molecule has 1 N–H and O–H groups in total. The second-order valence-electron chi connectivity index (χ2n) is 7.17. The van der Waals surface area contributed by atoms with E-state index in [-0.39, 0.29) is 11.6 Å². The minimum absolute atomic E-state index is 0.0245. The van der Waals surface area contributed by atoms with Crippen molar-refractivity contribution in [1.29, 1.82) is 0 Å². The SMILES string of the molecule is Cc1ccsc1CN(CC(C)C)C(=O)NCC(C)(C)N(C)C. The number of urea groups is 1. The highest BCUT2D eigenvalue weighted by atomic mass is 32.1. The van der Waals surface area contributed by atoms with Crippen molar-refractivity contribution in [3.63, 3.8) is 0 Å². The molecule has 0 fully saturated rings. The minimum atomic E-state index is -0.0575. The van der Waals surface area contributed by atoms with Crippen LogP contribution in [0.3, 0.4) is 0 Å². The largest absolute Gasteiger partial charge is 0.336 e. The predicted molar refractivity (Wildman–Crippen MR) is 95.5 cm³/mol. The van der Waals surface area contributed by atoms with Gasteiger partial charge in [-0.3, -0.25) is 0 Å². The molecule has 2 amide bonds. The van der Waals surface area contributed by atoms with E-state index >= 15 is 0 Å². The zero-order valence-corrected chi connectivity index (χ0v) is 15.9. The van der Waals surface area contributed by atoms with Gasteiger partial charge in [0.2, 0.25) is 0 Å². The van der Waals surface area contributed by atoms with Gasteiger partial charge in [-0.15, -0.1) is 11.3 Å². The van der Waals surface area contributed by atoms with Gasteiger partial charge in [0.25, 0.3) is 0 Å². The summed E-state index contributed by atoms with van der Waals surface area (Å²) in [6, 6.07) is 2.14. The summed E-state index contributed by atoms with van der Waals surface area (Å²) in [5, 5.41) is 5.18. The van der Waals surface area contributed by atoms with Crippen LogP contribution >= 0.6 is 11.3 Å². The standard InChI is InChI=1S/C17H31N3OS/c1-13(2)10-20(11-15-14(3)8-9-22-15)16(21)18-12-17(4,5)19(6)7/h8-9,13H,10-12H2,1-7H3,(H,18,21). The van der Waals surface area contributed by atoms with Crippen LogP contribution in [0.4, 0.5) is 4.79 Å². The fourth-order valence-corrected chi connectivity index (χ4v) is 2.88. The predicted octanol–water partition coefficient (Wildman–Crippen LogP) is 3.56. The Hall–Kier alpha value is -1.07. The highest BCUT2D eigenvalue weighted by Crippen LogP contribution is 2.19. The molecule has 1 aromatic rings. The fourth-order valence-electron chi connectivity index (χ4n) is 1.96. The summed E-state index contributed by atoms with van der Waals surface area (Å²) in [5.41, 5.74) is 1.21. The Morgan fingerprint density at radius 1 is 1.36 bits per heavy atom. The summed E-state index contributed by atoms with van der Waals surface area (Å²) >= 11 is 1.72. The maximum absolute atomic E-state index is 12.6. The third-order valence-corrected chi connectivity index (χ3v) is 5.07. The van der Waals surface area contributed by atoms with E-state index in [9.17, 15) is 4.79 Å². The number of hydrogen-bond acceptors (Lipinski definition) is 3. The third kappa shape index (κ3) is 5.61. The Morgan fingerprint density at radius 2 is 2.00 bits per heavy atom. The summed E-state index contributed by atoms with van der Waals surface area (Å²) in [4.78, 5) is 17.9. The maximum Gasteiger partial charge on any atom is 0.317 e. The molecule has 0 atom stereocenters. The third-order valence-electron chi connectivity index (χ3n) is 4.06. The Bertz CT molecular complexity index is 480. The molecule has 0 aliphatic carbocycles. The number of rotatable bonds is 7. The van der Waals surface area contributed by atoms with Crippen LogP contribution in [0.25, 0.3) is 0 Å². The topological polar surface area (TPSA) is 35.6 Å². The fraction of sp³-hybridized carbons (Fsp3) is 0.706. The zero-order valence-electron chi connectivity index (χ0n) is 15.1. The van der Waals surface area contributed by atoms with Crippen LogP contribution < -0.4 is 5.32 Å². The van der Waals surface area contributed by atoms with Crippen LogP contribution in [0.1, 0.15) is 38.1 Å². The molecule has 0 aliphatic rings. The molecule has 0 saturated heterocycles. The Labute approximate surface area is 139 Å². The van der Waals surface area contributed by atoms with Crippen molar-refractivity contribution in [2.75, 3.05) is 27.2 Å². The molecule has 0 aromatic carbocycles. The lowest BCUT2D eigenvalue weighted by Crippen LogP contribution is -2.51. The number of aryl methyl sites for hydroxylation is 1. The summed E-state index contributed by atoms with van der Waals surface area (Å²) in [5.74, 6) is 0.452. The van der Waals surface area contributed by atoms with Crippen LogP contribution in [-0.4, -0.2) is 48.6 Å². The van der Waals surface area contributed by atoms with E-state index in [0.717, 1.165) is 6.54 Å². The number of thiophene rings is 1. The lowest BCUT2D eigenvalue weighted by Gasteiger charge is -2.34. The van der Waals surface area contributed by atoms with Crippen molar-refractivity contribution in [1.82, 2.24) is 15.1 Å². The van der Waals surface area contributed by atoms with Crippen molar-refractivity contribution in [2.24, 2.45) is 5.92 Å². The molecular weight excluding hydrogens is 294 g/mol. The molecule has 0 bridgehead atoms. The summed E-state index contributed by atoms with van der Waals surface area (Å²) in [7, 11) is 4.07. The Balaban J connectivity index is 2.71. The lowest BCUT2D eigenvalue weighted by molar-refractivity contribution is 0.165. The average Bonchev–Trinajstić information content (AvgIpc) is 2.80. The highest BCUT2D eigenvalue weighted by molar-refractivity contribution is 7.10. The smallest absolute Gasteiger partial charge is 0.317 e. The van der Waals surface area contributed by atoms with Crippen molar-refractivity contribution >= 4 is 17.4 Å². The first-order valence-corrected chi connectivity index (χ1v) is 8.74. The number of carbonyl (C=O) groups is 1. The highest BCUT2D eigenvalue weighted by Gasteiger charge is 2.23. The first kappa shape index (κ1) is 19.0. The van der Waals surface area contributed by atoms with Gasteiger partial charge in [-0.25, -0.2) is 4.79 Å². The molecule has 1 rings (SSSR count). The van der Waals surface area contributed by atoms with Gasteiger partial charge in [0, 0.05) is 23.5 Å². The summed E-state index contributed by atoms with van der Waals surface area (Å²) in [6.45, 7) is 12.7. The lowest BCUT2D eigenvalue weighted by atomic mass is 10.0. The van der Waals surface area contributed by atoms with Gasteiger partial charge in [0.05, 0.1) is 6.54 Å².